The van der Waals surface area contributed by atoms with E-state index in [1.54, 1.807) is 11.6 Å². The van der Waals surface area contributed by atoms with Gasteiger partial charge in [-0.3, -0.25) is 4.72 Å². The highest BCUT2D eigenvalue weighted by Crippen LogP contribution is 2.21. The number of rotatable bonds is 4. The largest absolute Gasteiger partial charge is 0.352 e. The summed E-state index contributed by atoms with van der Waals surface area (Å²) in [7, 11) is -2.30. The number of aryl methyl sites for hydroxylation is 1. The topological polar surface area (TPSA) is 77.1 Å². The van der Waals surface area contributed by atoms with Crippen LogP contribution in [0.2, 0.25) is 0 Å². The summed E-state index contributed by atoms with van der Waals surface area (Å²) >= 11 is 0. The predicted molar refractivity (Wildman–Crippen MR) is 70.5 cm³/mol. The second-order valence-electron chi connectivity index (χ2n) is 4.21. The van der Waals surface area contributed by atoms with Crippen molar-refractivity contribution in [3.63, 3.8) is 0 Å². The van der Waals surface area contributed by atoms with E-state index >= 15 is 0 Å². The SMILES string of the molecule is Cn1cc(S(=O)(=O)Nc2ccc(F)cc2F)cc1CN. The molecule has 3 N–H and O–H groups in total. The molecule has 0 unspecified atom stereocenters. The summed E-state index contributed by atoms with van der Waals surface area (Å²) in [5.74, 6) is -1.76. The molecule has 2 aromatic rings. The fraction of sp³-hybridized carbons (Fsp3) is 0.167. The van der Waals surface area contributed by atoms with E-state index in [4.69, 9.17) is 5.73 Å². The summed E-state index contributed by atoms with van der Waals surface area (Å²) < 4.78 is 54.1. The van der Waals surface area contributed by atoms with E-state index in [1.165, 1.54) is 12.3 Å². The minimum atomic E-state index is -3.95. The van der Waals surface area contributed by atoms with E-state index in [2.05, 4.69) is 4.72 Å². The maximum absolute atomic E-state index is 13.5. The Morgan fingerprint density at radius 3 is 2.55 bits per heavy atom. The van der Waals surface area contributed by atoms with Crippen molar-refractivity contribution in [3.8, 4) is 0 Å². The normalized spacial score (nSPS) is 11.6. The second kappa shape index (κ2) is 5.22. The van der Waals surface area contributed by atoms with Crippen LogP contribution in [0, 0.1) is 11.6 Å². The standard InChI is InChI=1S/C12H13F2N3O2S/c1-17-7-10(5-9(17)6-15)20(18,19)16-12-3-2-8(13)4-11(12)14/h2-5,7,16H,6,15H2,1H3. The van der Waals surface area contributed by atoms with E-state index < -0.39 is 21.7 Å². The summed E-state index contributed by atoms with van der Waals surface area (Å²) in [6.07, 6.45) is 1.37. The molecule has 0 bridgehead atoms. The number of hydrogen-bond donors (Lipinski definition) is 2. The lowest BCUT2D eigenvalue weighted by atomic mass is 10.3. The molecule has 0 saturated carbocycles. The number of nitrogens with zero attached hydrogens (tertiary/aromatic N) is 1. The van der Waals surface area contributed by atoms with Gasteiger partial charge in [-0.1, -0.05) is 0 Å². The summed E-state index contributed by atoms with van der Waals surface area (Å²) in [6.45, 7) is 0.178. The first-order chi connectivity index (χ1) is 9.33. The zero-order valence-electron chi connectivity index (χ0n) is 10.6. The van der Waals surface area contributed by atoms with Gasteiger partial charge in [-0.05, 0) is 18.2 Å². The first kappa shape index (κ1) is 14.5. The Bertz CT molecular complexity index is 741. The third kappa shape index (κ3) is 2.81. The van der Waals surface area contributed by atoms with Crippen LogP contribution in [0.4, 0.5) is 14.5 Å². The van der Waals surface area contributed by atoms with Gasteiger partial charge in [0.2, 0.25) is 0 Å². The smallest absolute Gasteiger partial charge is 0.263 e. The number of hydrogen-bond acceptors (Lipinski definition) is 3. The van der Waals surface area contributed by atoms with Gasteiger partial charge in [0.15, 0.2) is 0 Å². The fourth-order valence-corrected chi connectivity index (χ4v) is 2.86. The van der Waals surface area contributed by atoms with Gasteiger partial charge in [0.05, 0.1) is 5.69 Å². The minimum absolute atomic E-state index is 0.0378. The monoisotopic (exact) mass is 301 g/mol. The maximum Gasteiger partial charge on any atom is 0.263 e. The van der Waals surface area contributed by atoms with Gasteiger partial charge in [-0.25, -0.2) is 17.2 Å². The average Bonchev–Trinajstić information content (AvgIpc) is 2.75. The van der Waals surface area contributed by atoms with Crippen molar-refractivity contribution < 1.29 is 17.2 Å². The van der Waals surface area contributed by atoms with Crippen molar-refractivity contribution in [2.24, 2.45) is 12.8 Å². The molecule has 0 saturated heterocycles. The van der Waals surface area contributed by atoms with Gasteiger partial charge < -0.3 is 10.3 Å². The van der Waals surface area contributed by atoms with Crippen molar-refractivity contribution in [1.82, 2.24) is 4.57 Å². The highest BCUT2D eigenvalue weighted by molar-refractivity contribution is 7.92. The highest BCUT2D eigenvalue weighted by Gasteiger charge is 2.19. The summed E-state index contributed by atoms with van der Waals surface area (Å²) in [5.41, 5.74) is 5.76. The molecule has 0 amide bonds. The lowest BCUT2D eigenvalue weighted by Crippen LogP contribution is -2.13. The van der Waals surface area contributed by atoms with Crippen molar-refractivity contribution in [2.75, 3.05) is 4.72 Å². The first-order valence-corrected chi connectivity index (χ1v) is 7.15. The molecule has 108 valence electrons. The van der Waals surface area contributed by atoms with Gasteiger partial charge in [-0.2, -0.15) is 0 Å². The van der Waals surface area contributed by atoms with Crippen LogP contribution in [0.15, 0.2) is 35.4 Å². The molecule has 2 rings (SSSR count). The lowest BCUT2D eigenvalue weighted by Gasteiger charge is -2.07. The minimum Gasteiger partial charge on any atom is -0.352 e. The van der Waals surface area contributed by atoms with Crippen LogP contribution in [0.3, 0.4) is 0 Å². The molecule has 1 aromatic carbocycles. The van der Waals surface area contributed by atoms with Crippen LogP contribution in [0.5, 0.6) is 0 Å². The number of aromatic nitrogens is 1. The van der Waals surface area contributed by atoms with Gasteiger partial charge >= 0.3 is 0 Å². The number of halogens is 2. The van der Waals surface area contributed by atoms with Crippen molar-refractivity contribution in [1.29, 1.82) is 0 Å². The Morgan fingerprint density at radius 2 is 2.00 bits per heavy atom. The van der Waals surface area contributed by atoms with Crippen molar-refractivity contribution in [3.05, 3.63) is 47.8 Å². The van der Waals surface area contributed by atoms with Crippen LogP contribution >= 0.6 is 0 Å². The Labute approximate surface area is 115 Å². The Balaban J connectivity index is 2.35. The van der Waals surface area contributed by atoms with Crippen LogP contribution in [-0.2, 0) is 23.6 Å². The van der Waals surface area contributed by atoms with Crippen molar-refractivity contribution >= 4 is 15.7 Å². The molecule has 0 radical (unpaired) electrons. The van der Waals surface area contributed by atoms with E-state index in [-0.39, 0.29) is 17.1 Å². The zero-order valence-corrected chi connectivity index (χ0v) is 11.4. The maximum atomic E-state index is 13.5. The molecular formula is C12H13F2N3O2S. The molecule has 0 aliphatic heterocycles. The molecule has 0 aliphatic rings. The molecule has 0 spiro atoms. The number of sulfonamides is 1. The molecule has 0 aliphatic carbocycles. The summed E-state index contributed by atoms with van der Waals surface area (Å²) in [5, 5.41) is 0. The third-order valence-corrected chi connectivity index (χ3v) is 4.11. The summed E-state index contributed by atoms with van der Waals surface area (Å²) in [6, 6.07) is 3.99. The highest BCUT2D eigenvalue weighted by atomic mass is 32.2. The lowest BCUT2D eigenvalue weighted by molar-refractivity contribution is 0.582. The number of nitrogens with one attached hydrogen (secondary N) is 1. The van der Waals surface area contributed by atoms with Gasteiger partial charge in [0.1, 0.15) is 16.5 Å². The third-order valence-electron chi connectivity index (χ3n) is 2.78. The van der Waals surface area contributed by atoms with E-state index in [0.29, 0.717) is 11.8 Å². The molecule has 0 fully saturated rings. The predicted octanol–water partition coefficient (Wildman–Crippen LogP) is 1.56. The second-order valence-corrected chi connectivity index (χ2v) is 5.89. The molecule has 8 heteroatoms. The Kier molecular flexibility index (Phi) is 3.78. The van der Waals surface area contributed by atoms with E-state index in [0.717, 1.165) is 12.1 Å². The molecule has 0 atom stereocenters. The number of anilines is 1. The van der Waals surface area contributed by atoms with Crippen LogP contribution in [0.1, 0.15) is 5.69 Å². The van der Waals surface area contributed by atoms with E-state index in [9.17, 15) is 17.2 Å². The fourth-order valence-electron chi connectivity index (χ4n) is 1.70. The van der Waals surface area contributed by atoms with Crippen LogP contribution in [-0.4, -0.2) is 13.0 Å². The zero-order chi connectivity index (χ0) is 14.9. The first-order valence-electron chi connectivity index (χ1n) is 5.66. The van der Waals surface area contributed by atoms with Gasteiger partial charge in [-0.15, -0.1) is 0 Å². The Hall–Kier alpha value is -1.93. The molecular weight excluding hydrogens is 288 g/mol. The molecule has 5 nitrogen and oxygen atoms in total. The Morgan fingerprint density at radius 1 is 1.30 bits per heavy atom. The van der Waals surface area contributed by atoms with Crippen LogP contribution < -0.4 is 10.5 Å². The van der Waals surface area contributed by atoms with Gasteiger partial charge in [0.25, 0.3) is 10.0 Å². The average molecular weight is 301 g/mol. The molecule has 20 heavy (non-hydrogen) atoms. The van der Waals surface area contributed by atoms with Crippen LogP contribution in [0.25, 0.3) is 0 Å². The van der Waals surface area contributed by atoms with Crippen molar-refractivity contribution in [2.45, 2.75) is 11.4 Å². The van der Waals surface area contributed by atoms with Gasteiger partial charge in [0, 0.05) is 31.5 Å². The van der Waals surface area contributed by atoms with E-state index in [1.807, 2.05) is 0 Å². The quantitative estimate of drug-likeness (QED) is 0.899. The number of benzene rings is 1. The molecule has 1 aromatic heterocycles. The molecule has 1 heterocycles. The number of nitrogens with two attached hydrogens (primary N) is 1. The summed E-state index contributed by atoms with van der Waals surface area (Å²) in [4.78, 5) is -0.0378.